The Balaban J connectivity index is 1.80. The molecule has 2 heterocycles. The van der Waals surface area contributed by atoms with Crippen LogP contribution in [0.3, 0.4) is 0 Å². The molecule has 0 aliphatic rings. The van der Waals surface area contributed by atoms with E-state index in [2.05, 4.69) is 46.5 Å². The normalized spacial score (nSPS) is 10.7. The molecule has 0 spiro atoms. The molecule has 0 aliphatic heterocycles. The minimum Gasteiger partial charge on any atom is -0.298 e. The third-order valence-corrected chi connectivity index (χ3v) is 4.97. The summed E-state index contributed by atoms with van der Waals surface area (Å²) < 4.78 is 0. The fourth-order valence-corrected chi connectivity index (χ4v) is 3.59. The first-order valence-electron chi connectivity index (χ1n) is 8.07. The third kappa shape index (κ3) is 4.06. The largest absolute Gasteiger partial charge is 0.298 e. The molecule has 1 amide bonds. The quantitative estimate of drug-likeness (QED) is 0.613. The van der Waals surface area contributed by atoms with Gasteiger partial charge in [0, 0.05) is 16.6 Å². The Kier molecular flexibility index (Phi) is 5.46. The number of halogens is 1. The van der Waals surface area contributed by atoms with Gasteiger partial charge in [-0.1, -0.05) is 49.2 Å². The number of carbonyl (C=O) groups is 1. The Labute approximate surface area is 155 Å². The Morgan fingerprint density at radius 2 is 2.00 bits per heavy atom. The van der Waals surface area contributed by atoms with E-state index in [1.54, 1.807) is 18.3 Å². The van der Waals surface area contributed by atoms with Crippen LogP contribution in [0.5, 0.6) is 0 Å². The van der Waals surface area contributed by atoms with E-state index in [4.69, 9.17) is 11.6 Å². The smallest absolute Gasteiger partial charge is 0.260 e. The van der Waals surface area contributed by atoms with Crippen molar-refractivity contribution in [2.45, 2.75) is 26.7 Å². The van der Waals surface area contributed by atoms with E-state index in [0.29, 0.717) is 10.7 Å². The van der Waals surface area contributed by atoms with Gasteiger partial charge in [0.25, 0.3) is 5.91 Å². The summed E-state index contributed by atoms with van der Waals surface area (Å²) in [6, 6.07) is 11.7. The van der Waals surface area contributed by atoms with Gasteiger partial charge in [-0.15, -0.1) is 11.3 Å². The van der Waals surface area contributed by atoms with Crippen LogP contribution in [0.4, 0.5) is 5.13 Å². The molecule has 0 bridgehead atoms. The standard InChI is InChI=1S/C19H18ClN3OS/c1-3-5-13-7-9-14(10-8-13)16-12(2)25-19(22-16)23-18(24)15-6-4-11-21-17(15)20/h4,6-11H,3,5H2,1-2H3,(H,22,23,24). The van der Waals surface area contributed by atoms with Crippen molar-refractivity contribution in [2.24, 2.45) is 0 Å². The molecule has 4 nitrogen and oxygen atoms in total. The summed E-state index contributed by atoms with van der Waals surface area (Å²) >= 11 is 7.42. The number of nitrogens with one attached hydrogen (secondary N) is 1. The second-order valence-corrected chi connectivity index (χ2v) is 7.23. The van der Waals surface area contributed by atoms with Crippen molar-refractivity contribution in [3.63, 3.8) is 0 Å². The van der Waals surface area contributed by atoms with Crippen molar-refractivity contribution in [1.29, 1.82) is 0 Å². The number of nitrogens with zero attached hydrogens (tertiary/aromatic N) is 2. The highest BCUT2D eigenvalue weighted by molar-refractivity contribution is 7.16. The summed E-state index contributed by atoms with van der Waals surface area (Å²) in [5.74, 6) is -0.309. The SMILES string of the molecule is CCCc1ccc(-c2nc(NC(=O)c3cccnc3Cl)sc2C)cc1. The van der Waals surface area contributed by atoms with Gasteiger partial charge in [-0.05, 0) is 31.0 Å². The molecule has 6 heteroatoms. The van der Waals surface area contributed by atoms with Crippen LogP contribution in [-0.4, -0.2) is 15.9 Å². The lowest BCUT2D eigenvalue weighted by atomic mass is 10.1. The molecule has 128 valence electrons. The lowest BCUT2D eigenvalue weighted by molar-refractivity contribution is 0.102. The minimum absolute atomic E-state index is 0.181. The van der Waals surface area contributed by atoms with Crippen LogP contribution in [-0.2, 0) is 6.42 Å². The van der Waals surface area contributed by atoms with Gasteiger partial charge in [0.2, 0.25) is 0 Å². The molecule has 0 saturated heterocycles. The Bertz CT molecular complexity index is 890. The average Bonchev–Trinajstić information content (AvgIpc) is 2.96. The molecule has 0 atom stereocenters. The van der Waals surface area contributed by atoms with Crippen molar-refractivity contribution < 1.29 is 4.79 Å². The van der Waals surface area contributed by atoms with Crippen LogP contribution in [0.25, 0.3) is 11.3 Å². The first-order valence-corrected chi connectivity index (χ1v) is 9.26. The van der Waals surface area contributed by atoms with Crippen molar-refractivity contribution in [3.8, 4) is 11.3 Å². The zero-order valence-electron chi connectivity index (χ0n) is 14.0. The van der Waals surface area contributed by atoms with Crippen molar-refractivity contribution >= 4 is 34.0 Å². The van der Waals surface area contributed by atoms with Crippen molar-refractivity contribution in [3.05, 3.63) is 63.8 Å². The fraction of sp³-hybridized carbons (Fsp3) is 0.211. The maximum Gasteiger partial charge on any atom is 0.260 e. The molecule has 3 aromatic rings. The van der Waals surface area contributed by atoms with E-state index < -0.39 is 0 Å². The summed E-state index contributed by atoms with van der Waals surface area (Å²) in [5, 5.41) is 3.54. The maximum atomic E-state index is 12.3. The number of thiazole rings is 1. The van der Waals surface area contributed by atoms with Crippen LogP contribution in [0.1, 0.15) is 34.1 Å². The van der Waals surface area contributed by atoms with E-state index >= 15 is 0 Å². The molecular formula is C19H18ClN3OS. The Morgan fingerprint density at radius 3 is 2.68 bits per heavy atom. The fourth-order valence-electron chi connectivity index (χ4n) is 2.56. The molecule has 3 rings (SSSR count). The lowest BCUT2D eigenvalue weighted by Crippen LogP contribution is -2.12. The summed E-state index contributed by atoms with van der Waals surface area (Å²) in [5.41, 5.74) is 3.59. The topological polar surface area (TPSA) is 54.9 Å². The number of aromatic nitrogens is 2. The summed E-state index contributed by atoms with van der Waals surface area (Å²) in [6.07, 6.45) is 3.75. The van der Waals surface area contributed by atoms with E-state index in [9.17, 15) is 4.79 Å². The zero-order chi connectivity index (χ0) is 17.8. The van der Waals surface area contributed by atoms with Crippen LogP contribution in [0.2, 0.25) is 5.15 Å². The van der Waals surface area contributed by atoms with Crippen LogP contribution in [0.15, 0.2) is 42.6 Å². The number of amides is 1. The highest BCUT2D eigenvalue weighted by Gasteiger charge is 2.15. The van der Waals surface area contributed by atoms with Crippen LogP contribution >= 0.6 is 22.9 Å². The van der Waals surface area contributed by atoms with E-state index in [1.165, 1.54) is 16.9 Å². The number of benzene rings is 1. The van der Waals surface area contributed by atoms with E-state index in [-0.39, 0.29) is 11.1 Å². The van der Waals surface area contributed by atoms with Crippen LogP contribution < -0.4 is 5.32 Å². The number of carbonyl (C=O) groups excluding carboxylic acids is 1. The van der Waals surface area contributed by atoms with E-state index in [0.717, 1.165) is 29.0 Å². The van der Waals surface area contributed by atoms with Gasteiger partial charge in [0.1, 0.15) is 5.15 Å². The third-order valence-electron chi connectivity index (χ3n) is 3.79. The van der Waals surface area contributed by atoms with Crippen LogP contribution in [0, 0.1) is 6.92 Å². The molecule has 0 radical (unpaired) electrons. The molecule has 25 heavy (non-hydrogen) atoms. The lowest BCUT2D eigenvalue weighted by Gasteiger charge is -2.03. The predicted molar refractivity (Wildman–Crippen MR) is 103 cm³/mol. The summed E-state index contributed by atoms with van der Waals surface area (Å²) in [6.45, 7) is 4.17. The van der Waals surface area contributed by atoms with Gasteiger partial charge >= 0.3 is 0 Å². The first-order chi connectivity index (χ1) is 12.1. The Morgan fingerprint density at radius 1 is 1.24 bits per heavy atom. The van der Waals surface area contributed by atoms with Gasteiger partial charge in [-0.25, -0.2) is 9.97 Å². The minimum atomic E-state index is -0.309. The van der Waals surface area contributed by atoms with Gasteiger partial charge in [-0.3, -0.25) is 10.1 Å². The summed E-state index contributed by atoms with van der Waals surface area (Å²) in [7, 11) is 0. The average molecular weight is 372 g/mol. The molecule has 0 unspecified atom stereocenters. The monoisotopic (exact) mass is 371 g/mol. The van der Waals surface area contributed by atoms with Gasteiger partial charge in [0.15, 0.2) is 5.13 Å². The molecule has 1 aromatic carbocycles. The number of anilines is 1. The first kappa shape index (κ1) is 17.6. The zero-order valence-corrected chi connectivity index (χ0v) is 15.6. The Hall–Kier alpha value is -2.24. The number of hydrogen-bond donors (Lipinski definition) is 1. The highest BCUT2D eigenvalue weighted by Crippen LogP contribution is 2.31. The number of pyridine rings is 1. The van der Waals surface area contributed by atoms with Gasteiger partial charge < -0.3 is 0 Å². The van der Waals surface area contributed by atoms with Gasteiger partial charge in [0.05, 0.1) is 11.3 Å². The van der Waals surface area contributed by atoms with Crippen molar-refractivity contribution in [1.82, 2.24) is 9.97 Å². The molecule has 0 aliphatic carbocycles. The highest BCUT2D eigenvalue weighted by atomic mass is 35.5. The number of hydrogen-bond acceptors (Lipinski definition) is 4. The van der Waals surface area contributed by atoms with E-state index in [1.807, 2.05) is 6.92 Å². The molecule has 0 saturated carbocycles. The molecule has 2 aromatic heterocycles. The molecule has 0 fully saturated rings. The van der Waals surface area contributed by atoms with Gasteiger partial charge in [-0.2, -0.15) is 0 Å². The molecule has 1 N–H and O–H groups in total. The number of rotatable bonds is 5. The maximum absolute atomic E-state index is 12.3. The van der Waals surface area contributed by atoms with Crippen molar-refractivity contribution in [2.75, 3.05) is 5.32 Å². The second-order valence-electron chi connectivity index (χ2n) is 5.67. The summed E-state index contributed by atoms with van der Waals surface area (Å²) in [4.78, 5) is 21.9. The molecular weight excluding hydrogens is 354 g/mol. The number of aryl methyl sites for hydroxylation is 2. The predicted octanol–water partition coefficient (Wildman–Crippen LogP) is 5.37. The second kappa shape index (κ2) is 7.76.